The van der Waals surface area contributed by atoms with Crippen molar-refractivity contribution in [1.82, 2.24) is 0 Å². The number of carboxylic acid groups (broad SMARTS) is 1. The predicted octanol–water partition coefficient (Wildman–Crippen LogP) is 6.02. The van der Waals surface area contributed by atoms with Gasteiger partial charge in [-0.25, -0.2) is 12.8 Å². The Hall–Kier alpha value is -3.59. The summed E-state index contributed by atoms with van der Waals surface area (Å²) in [5.41, 5.74) is 6.09. The summed E-state index contributed by atoms with van der Waals surface area (Å²) in [6.45, 7) is 4.77. The number of carbonyl (C=O) groups is 1. The number of hydrogen-bond donors (Lipinski definition) is 2. The SMILES string of the molecule is Cc1cc(OCCCS(=O)(=O)C2CC2)cc(C)c1-c1cccc(C2COc3cc(CCC(=O)O)c(F)cc3N2)c1. The number of benzene rings is 3. The monoisotopic (exact) mass is 567 g/mol. The number of rotatable bonds is 11. The van der Waals surface area contributed by atoms with Crippen molar-refractivity contribution in [2.45, 2.75) is 57.2 Å². The molecule has 3 aromatic rings. The third kappa shape index (κ3) is 6.41. The van der Waals surface area contributed by atoms with Crippen LogP contribution in [0.4, 0.5) is 10.1 Å². The lowest BCUT2D eigenvalue weighted by Gasteiger charge is -2.29. The second-order valence-electron chi connectivity index (χ2n) is 10.7. The van der Waals surface area contributed by atoms with E-state index in [4.69, 9.17) is 14.6 Å². The molecule has 2 N–H and O–H groups in total. The third-order valence-corrected chi connectivity index (χ3v) is 9.79. The van der Waals surface area contributed by atoms with Gasteiger partial charge in [-0.15, -0.1) is 0 Å². The van der Waals surface area contributed by atoms with Gasteiger partial charge in [-0.2, -0.15) is 0 Å². The quantitative estimate of drug-likeness (QED) is 0.273. The van der Waals surface area contributed by atoms with E-state index in [9.17, 15) is 17.6 Å². The zero-order valence-corrected chi connectivity index (χ0v) is 23.5. The standard InChI is InChI=1S/C31H34FNO6S/c1-19-13-24(38-11-4-12-40(36,37)25-8-9-25)14-20(2)31(19)23-6-3-5-22(15-23)28-18-39-29-16-21(7-10-30(34)35)26(32)17-27(29)33-28/h3,5-6,13-17,25,28,33H,4,7-12,18H2,1-2H3,(H,34,35). The second-order valence-corrected chi connectivity index (χ2v) is 13.1. The molecule has 0 bridgehead atoms. The average molecular weight is 568 g/mol. The van der Waals surface area contributed by atoms with Crippen LogP contribution in [0.5, 0.6) is 11.5 Å². The molecule has 1 fully saturated rings. The highest BCUT2D eigenvalue weighted by molar-refractivity contribution is 7.92. The average Bonchev–Trinajstić information content (AvgIpc) is 3.76. The van der Waals surface area contributed by atoms with E-state index >= 15 is 0 Å². The highest BCUT2D eigenvalue weighted by Gasteiger charge is 2.34. The fraction of sp³-hybridized carbons (Fsp3) is 0.387. The number of halogens is 1. The molecule has 40 heavy (non-hydrogen) atoms. The first kappa shape index (κ1) is 28.0. The van der Waals surface area contributed by atoms with Crippen molar-refractivity contribution < 1.29 is 32.2 Å². The van der Waals surface area contributed by atoms with Crippen LogP contribution in [0.3, 0.4) is 0 Å². The highest BCUT2D eigenvalue weighted by atomic mass is 32.2. The first-order valence-corrected chi connectivity index (χ1v) is 15.3. The minimum Gasteiger partial charge on any atom is -0.494 e. The maximum absolute atomic E-state index is 14.6. The summed E-state index contributed by atoms with van der Waals surface area (Å²) in [5.74, 6) is -0.0178. The van der Waals surface area contributed by atoms with Gasteiger partial charge in [-0.1, -0.05) is 18.2 Å². The van der Waals surface area contributed by atoms with Crippen molar-refractivity contribution >= 4 is 21.5 Å². The van der Waals surface area contributed by atoms with Crippen molar-refractivity contribution in [1.29, 1.82) is 0 Å². The van der Waals surface area contributed by atoms with Crippen molar-refractivity contribution in [3.05, 3.63) is 76.6 Å². The van der Waals surface area contributed by atoms with E-state index < -0.39 is 21.6 Å². The van der Waals surface area contributed by atoms with E-state index in [0.717, 1.165) is 46.4 Å². The Morgan fingerprint density at radius 1 is 1.12 bits per heavy atom. The molecule has 1 atom stereocenters. The van der Waals surface area contributed by atoms with Crippen LogP contribution in [0.2, 0.25) is 0 Å². The number of hydrogen-bond acceptors (Lipinski definition) is 6. The number of fused-ring (bicyclic) bond motifs is 1. The minimum atomic E-state index is -2.97. The number of anilines is 1. The number of nitrogens with one attached hydrogen (secondary N) is 1. The van der Waals surface area contributed by atoms with Gasteiger partial charge in [0.25, 0.3) is 0 Å². The van der Waals surface area contributed by atoms with Crippen LogP contribution in [0.25, 0.3) is 11.1 Å². The predicted molar refractivity (Wildman–Crippen MR) is 152 cm³/mol. The Morgan fingerprint density at radius 3 is 2.58 bits per heavy atom. The van der Waals surface area contributed by atoms with Gasteiger partial charge >= 0.3 is 5.97 Å². The minimum absolute atomic E-state index is 0.105. The number of sulfone groups is 1. The molecule has 1 saturated carbocycles. The van der Waals surface area contributed by atoms with Crippen LogP contribution in [0.1, 0.15) is 54.0 Å². The molecule has 0 aromatic heterocycles. The van der Waals surface area contributed by atoms with Gasteiger partial charge in [0, 0.05) is 12.5 Å². The normalized spacial score (nSPS) is 16.5. The van der Waals surface area contributed by atoms with Gasteiger partial charge in [0.2, 0.25) is 0 Å². The molecule has 9 heteroatoms. The van der Waals surface area contributed by atoms with Gasteiger partial charge < -0.3 is 19.9 Å². The van der Waals surface area contributed by atoms with Gasteiger partial charge in [0.15, 0.2) is 9.84 Å². The summed E-state index contributed by atoms with van der Waals surface area (Å²) in [7, 11) is -2.97. The topological polar surface area (TPSA) is 102 Å². The third-order valence-electron chi connectivity index (χ3n) is 7.45. The summed E-state index contributed by atoms with van der Waals surface area (Å²) in [6, 6.07) is 14.9. The van der Waals surface area contributed by atoms with E-state index in [0.29, 0.717) is 36.6 Å². The zero-order valence-electron chi connectivity index (χ0n) is 22.7. The van der Waals surface area contributed by atoms with Crippen LogP contribution in [-0.2, 0) is 21.1 Å². The molecule has 0 saturated heterocycles. The lowest BCUT2D eigenvalue weighted by molar-refractivity contribution is -0.136. The number of carboxylic acids is 1. The smallest absolute Gasteiger partial charge is 0.303 e. The highest BCUT2D eigenvalue weighted by Crippen LogP contribution is 2.38. The number of aryl methyl sites for hydroxylation is 3. The molecule has 0 spiro atoms. The molecule has 1 heterocycles. The van der Waals surface area contributed by atoms with Crippen LogP contribution in [0.15, 0.2) is 48.5 Å². The molecule has 1 aliphatic carbocycles. The maximum Gasteiger partial charge on any atom is 0.303 e. The lowest BCUT2D eigenvalue weighted by atomic mass is 9.92. The number of ether oxygens (including phenoxy) is 2. The first-order valence-electron chi connectivity index (χ1n) is 13.6. The second kappa shape index (κ2) is 11.5. The van der Waals surface area contributed by atoms with Gasteiger partial charge in [0.1, 0.15) is 23.9 Å². The van der Waals surface area contributed by atoms with E-state index in [1.54, 1.807) is 6.07 Å². The van der Waals surface area contributed by atoms with Gasteiger partial charge in [-0.3, -0.25) is 4.79 Å². The Balaban J connectivity index is 1.27. The van der Waals surface area contributed by atoms with Crippen molar-refractivity contribution in [2.75, 3.05) is 24.3 Å². The molecule has 7 nitrogen and oxygen atoms in total. The fourth-order valence-electron chi connectivity index (χ4n) is 5.26. The summed E-state index contributed by atoms with van der Waals surface area (Å²) >= 11 is 0. The van der Waals surface area contributed by atoms with Crippen LogP contribution >= 0.6 is 0 Å². The van der Waals surface area contributed by atoms with E-state index in [-0.39, 0.29) is 29.9 Å². The Kier molecular flexibility index (Phi) is 8.03. The Labute approximate surface area is 234 Å². The number of aliphatic carboxylic acids is 1. The summed E-state index contributed by atoms with van der Waals surface area (Å²) < 4.78 is 50.7. The van der Waals surface area contributed by atoms with E-state index in [1.807, 2.05) is 44.2 Å². The Morgan fingerprint density at radius 2 is 1.88 bits per heavy atom. The lowest BCUT2D eigenvalue weighted by Crippen LogP contribution is -2.24. The molecule has 5 rings (SSSR count). The summed E-state index contributed by atoms with van der Waals surface area (Å²) in [4.78, 5) is 10.9. The van der Waals surface area contributed by atoms with E-state index in [1.165, 1.54) is 6.07 Å². The molecule has 2 aliphatic rings. The van der Waals surface area contributed by atoms with Crippen LogP contribution in [0, 0.1) is 19.7 Å². The van der Waals surface area contributed by atoms with Crippen molar-refractivity contribution in [2.24, 2.45) is 0 Å². The maximum atomic E-state index is 14.6. The van der Waals surface area contributed by atoms with Crippen molar-refractivity contribution in [3.63, 3.8) is 0 Å². The molecular formula is C31H34FNO6S. The first-order chi connectivity index (χ1) is 19.1. The van der Waals surface area contributed by atoms with Gasteiger partial charge in [-0.05, 0) is 97.2 Å². The van der Waals surface area contributed by atoms with Gasteiger partial charge in [0.05, 0.1) is 29.3 Å². The molecule has 212 valence electrons. The summed E-state index contributed by atoms with van der Waals surface area (Å²) in [5, 5.41) is 12.1. The molecule has 0 radical (unpaired) electrons. The zero-order chi connectivity index (χ0) is 28.4. The molecule has 3 aromatic carbocycles. The Bertz CT molecular complexity index is 1510. The van der Waals surface area contributed by atoms with Crippen LogP contribution < -0.4 is 14.8 Å². The van der Waals surface area contributed by atoms with Crippen LogP contribution in [-0.4, -0.2) is 43.7 Å². The molecule has 0 amide bonds. The van der Waals surface area contributed by atoms with Crippen molar-refractivity contribution in [3.8, 4) is 22.6 Å². The largest absolute Gasteiger partial charge is 0.494 e. The molecule has 1 aliphatic heterocycles. The molecular weight excluding hydrogens is 533 g/mol. The van der Waals surface area contributed by atoms with E-state index in [2.05, 4.69) is 11.4 Å². The summed E-state index contributed by atoms with van der Waals surface area (Å²) in [6.07, 6.45) is 2.02. The fourth-order valence-corrected chi connectivity index (χ4v) is 6.97. The molecule has 1 unspecified atom stereocenters.